The predicted molar refractivity (Wildman–Crippen MR) is 71.5 cm³/mol. The van der Waals surface area contributed by atoms with Crippen LogP contribution >= 0.6 is 0 Å². The highest BCUT2D eigenvalue weighted by Crippen LogP contribution is 2.22. The van der Waals surface area contributed by atoms with Crippen LogP contribution in [0.1, 0.15) is 18.4 Å². The van der Waals surface area contributed by atoms with Gasteiger partial charge in [-0.25, -0.2) is 0 Å². The fourth-order valence-corrected chi connectivity index (χ4v) is 1.56. The smallest absolute Gasteiger partial charge is 0.305 e. The van der Waals surface area contributed by atoms with Crippen LogP contribution in [0.5, 0.6) is 5.75 Å². The Balaban J connectivity index is 2.50. The van der Waals surface area contributed by atoms with E-state index < -0.39 is 0 Å². The minimum Gasteiger partial charge on any atom is -0.493 e. The quantitative estimate of drug-likeness (QED) is 0.349. The highest BCUT2D eigenvalue weighted by atomic mass is 16.5. The minimum atomic E-state index is -0.220. The van der Waals surface area contributed by atoms with Crippen LogP contribution in [0.15, 0.2) is 30.9 Å². The summed E-state index contributed by atoms with van der Waals surface area (Å²) in [5, 5.41) is 0. The fraction of sp³-hybridized carbons (Fsp3) is 0.357. The number of methoxy groups -OCH3 is 1. The SMILES string of the molecule is C=CCc1cc(N)ccc1OCCCC(=O)OC. The lowest BCUT2D eigenvalue weighted by Gasteiger charge is -2.11. The number of hydrogen-bond acceptors (Lipinski definition) is 4. The topological polar surface area (TPSA) is 61.5 Å². The molecule has 1 rings (SSSR count). The zero-order valence-electron chi connectivity index (χ0n) is 10.6. The molecule has 0 aliphatic heterocycles. The predicted octanol–water partition coefficient (Wildman–Crippen LogP) is 2.33. The Bertz CT molecular complexity index is 416. The summed E-state index contributed by atoms with van der Waals surface area (Å²) in [6.07, 6.45) is 3.50. The lowest BCUT2D eigenvalue weighted by atomic mass is 10.1. The van der Waals surface area contributed by atoms with Crippen molar-refractivity contribution in [1.29, 1.82) is 0 Å². The fourth-order valence-electron chi connectivity index (χ4n) is 1.56. The van der Waals surface area contributed by atoms with Crippen LogP contribution in [-0.2, 0) is 16.0 Å². The van der Waals surface area contributed by atoms with E-state index in [1.165, 1.54) is 7.11 Å². The second kappa shape index (κ2) is 7.37. The average Bonchev–Trinajstić information content (AvgIpc) is 2.36. The van der Waals surface area contributed by atoms with Crippen molar-refractivity contribution in [2.45, 2.75) is 19.3 Å². The molecule has 0 radical (unpaired) electrons. The molecule has 0 aliphatic carbocycles. The molecule has 0 amide bonds. The third-order valence-electron chi connectivity index (χ3n) is 2.46. The first-order valence-electron chi connectivity index (χ1n) is 5.86. The van der Waals surface area contributed by atoms with E-state index in [4.69, 9.17) is 10.5 Å². The number of esters is 1. The lowest BCUT2D eigenvalue weighted by Crippen LogP contribution is -2.05. The largest absolute Gasteiger partial charge is 0.493 e. The van der Waals surface area contributed by atoms with Crippen LogP contribution in [0.4, 0.5) is 5.69 Å². The number of allylic oxidation sites excluding steroid dienone is 1. The molecule has 0 aromatic heterocycles. The number of nitrogens with two attached hydrogens (primary N) is 1. The summed E-state index contributed by atoms with van der Waals surface area (Å²) in [6.45, 7) is 4.18. The molecule has 0 bridgehead atoms. The molecular weight excluding hydrogens is 230 g/mol. The highest BCUT2D eigenvalue weighted by molar-refractivity contribution is 5.69. The van der Waals surface area contributed by atoms with Crippen molar-refractivity contribution in [1.82, 2.24) is 0 Å². The molecular formula is C14H19NO3. The van der Waals surface area contributed by atoms with E-state index >= 15 is 0 Å². The van der Waals surface area contributed by atoms with Crippen LogP contribution in [0, 0.1) is 0 Å². The van der Waals surface area contributed by atoms with Crippen LogP contribution in [0.25, 0.3) is 0 Å². The normalized spacial score (nSPS) is 9.83. The average molecular weight is 249 g/mol. The maximum atomic E-state index is 10.9. The molecule has 0 saturated heterocycles. The van der Waals surface area contributed by atoms with Gasteiger partial charge >= 0.3 is 5.97 Å². The molecule has 0 fully saturated rings. The van der Waals surface area contributed by atoms with E-state index in [9.17, 15) is 4.79 Å². The van der Waals surface area contributed by atoms with Gasteiger partial charge in [0.15, 0.2) is 0 Å². The van der Waals surface area contributed by atoms with Crippen LogP contribution in [-0.4, -0.2) is 19.7 Å². The Hall–Kier alpha value is -1.97. The summed E-state index contributed by atoms with van der Waals surface area (Å²) in [4.78, 5) is 10.9. The monoisotopic (exact) mass is 249 g/mol. The summed E-state index contributed by atoms with van der Waals surface area (Å²) in [7, 11) is 1.38. The van der Waals surface area contributed by atoms with Crippen molar-refractivity contribution in [3.8, 4) is 5.75 Å². The molecule has 98 valence electrons. The molecule has 4 nitrogen and oxygen atoms in total. The Morgan fingerprint density at radius 2 is 2.28 bits per heavy atom. The van der Waals surface area contributed by atoms with Crippen LogP contribution < -0.4 is 10.5 Å². The summed E-state index contributed by atoms with van der Waals surface area (Å²) >= 11 is 0. The molecule has 0 aliphatic rings. The molecule has 1 aromatic carbocycles. The summed E-state index contributed by atoms with van der Waals surface area (Å²) in [6, 6.07) is 5.51. The van der Waals surface area contributed by atoms with Crippen LogP contribution in [0.2, 0.25) is 0 Å². The van der Waals surface area contributed by atoms with Gasteiger partial charge in [-0.3, -0.25) is 4.79 Å². The van der Waals surface area contributed by atoms with Gasteiger partial charge in [-0.1, -0.05) is 6.08 Å². The number of rotatable bonds is 7. The number of benzene rings is 1. The number of carbonyl (C=O) groups excluding carboxylic acids is 1. The van der Waals surface area contributed by atoms with E-state index in [1.807, 2.05) is 12.1 Å². The van der Waals surface area contributed by atoms with E-state index in [0.29, 0.717) is 31.6 Å². The van der Waals surface area contributed by atoms with Gasteiger partial charge in [0.05, 0.1) is 13.7 Å². The molecule has 0 atom stereocenters. The standard InChI is InChI=1S/C14H19NO3/c1-3-5-11-10-12(15)7-8-13(11)18-9-4-6-14(16)17-2/h3,7-8,10H,1,4-6,9,15H2,2H3. The van der Waals surface area contributed by atoms with Gasteiger partial charge in [-0.15, -0.1) is 6.58 Å². The van der Waals surface area contributed by atoms with Crippen molar-refractivity contribution >= 4 is 11.7 Å². The molecule has 4 heteroatoms. The zero-order chi connectivity index (χ0) is 13.4. The summed E-state index contributed by atoms with van der Waals surface area (Å²) < 4.78 is 10.2. The molecule has 0 saturated carbocycles. The molecule has 1 aromatic rings. The molecule has 2 N–H and O–H groups in total. The summed E-state index contributed by atoms with van der Waals surface area (Å²) in [5.74, 6) is 0.566. The van der Waals surface area contributed by atoms with Gasteiger partial charge in [0, 0.05) is 12.1 Å². The van der Waals surface area contributed by atoms with Crippen LogP contribution in [0.3, 0.4) is 0 Å². The van der Waals surface area contributed by atoms with Crippen molar-refractivity contribution < 1.29 is 14.3 Å². The number of hydrogen-bond donors (Lipinski definition) is 1. The van der Waals surface area contributed by atoms with Gasteiger partial charge in [0.2, 0.25) is 0 Å². The molecule has 0 heterocycles. The van der Waals surface area contributed by atoms with Gasteiger partial charge in [0.1, 0.15) is 5.75 Å². The van der Waals surface area contributed by atoms with Gasteiger partial charge < -0.3 is 15.2 Å². The van der Waals surface area contributed by atoms with Gasteiger partial charge in [-0.2, -0.15) is 0 Å². The first-order valence-corrected chi connectivity index (χ1v) is 5.86. The molecule has 18 heavy (non-hydrogen) atoms. The van der Waals surface area contributed by atoms with Crippen molar-refractivity contribution in [2.24, 2.45) is 0 Å². The third-order valence-corrected chi connectivity index (χ3v) is 2.46. The Labute approximate surface area is 107 Å². The maximum Gasteiger partial charge on any atom is 0.305 e. The maximum absolute atomic E-state index is 10.9. The van der Waals surface area contributed by atoms with Gasteiger partial charge in [0.25, 0.3) is 0 Å². The Morgan fingerprint density at radius 3 is 2.94 bits per heavy atom. The molecule has 0 unspecified atom stereocenters. The van der Waals surface area contributed by atoms with E-state index in [-0.39, 0.29) is 5.97 Å². The van der Waals surface area contributed by atoms with E-state index in [0.717, 1.165) is 11.3 Å². The zero-order valence-corrected chi connectivity index (χ0v) is 10.6. The van der Waals surface area contributed by atoms with E-state index in [1.54, 1.807) is 12.1 Å². The number of nitrogen functional groups attached to an aromatic ring is 1. The Kier molecular flexibility index (Phi) is 5.77. The van der Waals surface area contributed by atoms with Crippen molar-refractivity contribution in [2.75, 3.05) is 19.5 Å². The first-order chi connectivity index (χ1) is 8.67. The van der Waals surface area contributed by atoms with Gasteiger partial charge in [-0.05, 0) is 36.6 Å². The number of ether oxygens (including phenoxy) is 2. The first kappa shape index (κ1) is 14.1. The second-order valence-corrected chi connectivity index (χ2v) is 3.89. The highest BCUT2D eigenvalue weighted by Gasteiger charge is 2.04. The number of anilines is 1. The third kappa shape index (κ3) is 4.49. The molecule has 0 spiro atoms. The van der Waals surface area contributed by atoms with E-state index in [2.05, 4.69) is 11.3 Å². The summed E-state index contributed by atoms with van der Waals surface area (Å²) in [5.41, 5.74) is 7.42. The van der Waals surface area contributed by atoms with Crippen molar-refractivity contribution in [3.63, 3.8) is 0 Å². The Morgan fingerprint density at radius 1 is 1.50 bits per heavy atom. The number of carbonyl (C=O) groups is 1. The second-order valence-electron chi connectivity index (χ2n) is 3.89. The van der Waals surface area contributed by atoms with Crippen molar-refractivity contribution in [3.05, 3.63) is 36.4 Å². The minimum absolute atomic E-state index is 0.220. The lowest BCUT2D eigenvalue weighted by molar-refractivity contribution is -0.140.